The first-order valence-electron chi connectivity index (χ1n) is 11.9. The summed E-state index contributed by atoms with van der Waals surface area (Å²) >= 11 is 0. The molecule has 1 aromatic rings. The van der Waals surface area contributed by atoms with Crippen molar-refractivity contribution in [1.82, 2.24) is 16.0 Å². The van der Waals surface area contributed by atoms with Crippen molar-refractivity contribution in [1.29, 1.82) is 0 Å². The van der Waals surface area contributed by atoms with Crippen LogP contribution in [-0.4, -0.2) is 64.0 Å². The van der Waals surface area contributed by atoms with Crippen molar-refractivity contribution in [2.45, 2.75) is 77.5 Å². The Kier molecular flexibility index (Phi) is 12.6. The lowest BCUT2D eigenvalue weighted by Gasteiger charge is -2.26. The molecular formula is C25H38N4O7. The summed E-state index contributed by atoms with van der Waals surface area (Å²) in [6.07, 6.45) is -0.0781. The van der Waals surface area contributed by atoms with Gasteiger partial charge in [0.1, 0.15) is 18.1 Å². The third-order valence-electron chi connectivity index (χ3n) is 5.31. The summed E-state index contributed by atoms with van der Waals surface area (Å²) < 4.78 is 0. The number of rotatable bonds is 15. The summed E-state index contributed by atoms with van der Waals surface area (Å²) in [5.41, 5.74) is 6.34. The van der Waals surface area contributed by atoms with Crippen LogP contribution in [0, 0.1) is 11.8 Å². The number of carbonyl (C=O) groups excluding carboxylic acids is 3. The molecule has 0 aromatic heterocycles. The predicted molar refractivity (Wildman–Crippen MR) is 133 cm³/mol. The van der Waals surface area contributed by atoms with Crippen LogP contribution in [0.4, 0.5) is 0 Å². The lowest BCUT2D eigenvalue weighted by Crippen LogP contribution is -2.57. The number of hydrogen-bond donors (Lipinski definition) is 6. The molecule has 4 atom stereocenters. The second-order valence-corrected chi connectivity index (χ2v) is 9.67. The van der Waals surface area contributed by atoms with Gasteiger partial charge in [-0.3, -0.25) is 19.2 Å². The van der Waals surface area contributed by atoms with Crippen LogP contribution in [0.1, 0.15) is 52.5 Å². The fourth-order valence-electron chi connectivity index (χ4n) is 3.56. The van der Waals surface area contributed by atoms with E-state index >= 15 is 0 Å². The minimum absolute atomic E-state index is 0.0134. The zero-order valence-electron chi connectivity index (χ0n) is 21.2. The van der Waals surface area contributed by atoms with E-state index in [1.165, 1.54) is 0 Å². The number of amides is 3. The highest BCUT2D eigenvalue weighted by molar-refractivity contribution is 5.94. The molecule has 0 aliphatic carbocycles. The van der Waals surface area contributed by atoms with Gasteiger partial charge < -0.3 is 31.9 Å². The van der Waals surface area contributed by atoms with Crippen molar-refractivity contribution in [3.05, 3.63) is 35.9 Å². The van der Waals surface area contributed by atoms with Gasteiger partial charge in [-0.15, -0.1) is 0 Å². The molecule has 0 aliphatic rings. The molecule has 0 heterocycles. The van der Waals surface area contributed by atoms with Crippen molar-refractivity contribution in [2.24, 2.45) is 17.6 Å². The van der Waals surface area contributed by atoms with Gasteiger partial charge in [-0.05, 0) is 30.2 Å². The van der Waals surface area contributed by atoms with E-state index in [1.807, 2.05) is 27.7 Å². The van der Waals surface area contributed by atoms with Crippen LogP contribution in [0.5, 0.6) is 0 Å². The van der Waals surface area contributed by atoms with Crippen molar-refractivity contribution in [3.8, 4) is 0 Å². The minimum Gasteiger partial charge on any atom is -0.481 e. The van der Waals surface area contributed by atoms with Gasteiger partial charge in [0.25, 0.3) is 0 Å². The first-order chi connectivity index (χ1) is 16.8. The standard InChI is InChI=1S/C25H38N4O7/c1-14(2)10-18(27-22(32)17(26)13-21(30)31)23(33)28-19(11-15(3)4)24(34)29-20(25(35)36)12-16-8-6-5-7-9-16/h5-9,14-15,17-20H,10-13,26H2,1-4H3,(H,27,32)(H,28,33)(H,29,34)(H,30,31)(H,35,36). The van der Waals surface area contributed by atoms with E-state index < -0.39 is 60.2 Å². The quantitative estimate of drug-likeness (QED) is 0.200. The van der Waals surface area contributed by atoms with E-state index in [0.29, 0.717) is 0 Å². The van der Waals surface area contributed by atoms with Crippen LogP contribution < -0.4 is 21.7 Å². The maximum Gasteiger partial charge on any atom is 0.326 e. The van der Waals surface area contributed by atoms with Crippen LogP contribution in [0.15, 0.2) is 30.3 Å². The molecule has 0 spiro atoms. The second kappa shape index (κ2) is 14.8. The Balaban J connectivity index is 3.00. The molecule has 0 saturated heterocycles. The lowest BCUT2D eigenvalue weighted by molar-refractivity contribution is -0.142. The van der Waals surface area contributed by atoms with Crippen LogP contribution in [0.3, 0.4) is 0 Å². The molecule has 0 aliphatic heterocycles. The normalized spacial score (nSPS) is 14.4. The molecule has 1 aromatic carbocycles. The summed E-state index contributed by atoms with van der Waals surface area (Å²) in [5.74, 6) is -4.58. The van der Waals surface area contributed by atoms with Gasteiger partial charge in [0, 0.05) is 6.42 Å². The zero-order valence-corrected chi connectivity index (χ0v) is 21.2. The van der Waals surface area contributed by atoms with Gasteiger partial charge in [-0.25, -0.2) is 4.79 Å². The topological polar surface area (TPSA) is 188 Å². The average Bonchev–Trinajstić information content (AvgIpc) is 2.77. The van der Waals surface area contributed by atoms with E-state index in [-0.39, 0.29) is 31.1 Å². The van der Waals surface area contributed by atoms with Gasteiger partial charge in [0.2, 0.25) is 17.7 Å². The summed E-state index contributed by atoms with van der Waals surface area (Å²) in [6.45, 7) is 7.37. The minimum atomic E-state index is -1.34. The van der Waals surface area contributed by atoms with Gasteiger partial charge in [-0.1, -0.05) is 58.0 Å². The third-order valence-corrected chi connectivity index (χ3v) is 5.31. The van der Waals surface area contributed by atoms with E-state index in [2.05, 4.69) is 16.0 Å². The Morgan fingerprint density at radius 2 is 1.19 bits per heavy atom. The highest BCUT2D eigenvalue weighted by Crippen LogP contribution is 2.11. The Hall–Kier alpha value is -3.47. The van der Waals surface area contributed by atoms with Gasteiger partial charge in [0.05, 0.1) is 12.5 Å². The number of nitrogens with two attached hydrogens (primary N) is 1. The van der Waals surface area contributed by atoms with Gasteiger partial charge in [-0.2, -0.15) is 0 Å². The molecule has 11 nitrogen and oxygen atoms in total. The summed E-state index contributed by atoms with van der Waals surface area (Å²) in [5, 5.41) is 26.1. The molecule has 36 heavy (non-hydrogen) atoms. The number of aliphatic carboxylic acids is 2. The first kappa shape index (κ1) is 30.6. The van der Waals surface area contributed by atoms with Crippen molar-refractivity contribution in [2.75, 3.05) is 0 Å². The number of carboxylic acids is 2. The fourth-order valence-corrected chi connectivity index (χ4v) is 3.56. The Bertz CT molecular complexity index is 905. The summed E-state index contributed by atoms with van der Waals surface area (Å²) in [7, 11) is 0. The lowest BCUT2D eigenvalue weighted by atomic mass is 9.99. The van der Waals surface area contributed by atoms with Crippen LogP contribution in [0.25, 0.3) is 0 Å². The van der Waals surface area contributed by atoms with E-state index in [0.717, 1.165) is 5.56 Å². The molecule has 3 amide bonds. The third kappa shape index (κ3) is 11.3. The van der Waals surface area contributed by atoms with Gasteiger partial charge in [0.15, 0.2) is 0 Å². The Labute approximate surface area is 211 Å². The number of nitrogens with one attached hydrogen (secondary N) is 3. The zero-order chi connectivity index (χ0) is 27.4. The smallest absolute Gasteiger partial charge is 0.326 e. The molecule has 0 saturated carbocycles. The highest BCUT2D eigenvalue weighted by atomic mass is 16.4. The SMILES string of the molecule is CC(C)CC(NC(=O)C(N)CC(=O)O)C(=O)NC(CC(C)C)C(=O)NC(Cc1ccccc1)C(=O)O. The molecule has 11 heteroatoms. The van der Waals surface area contributed by atoms with Crippen LogP contribution >= 0.6 is 0 Å². The molecule has 0 fully saturated rings. The Morgan fingerprint density at radius 1 is 0.750 bits per heavy atom. The van der Waals surface area contributed by atoms with E-state index in [1.54, 1.807) is 30.3 Å². The summed E-state index contributed by atoms with van der Waals surface area (Å²) in [4.78, 5) is 61.1. The van der Waals surface area contributed by atoms with Crippen molar-refractivity contribution in [3.63, 3.8) is 0 Å². The van der Waals surface area contributed by atoms with Crippen LogP contribution in [0.2, 0.25) is 0 Å². The highest BCUT2D eigenvalue weighted by Gasteiger charge is 2.31. The first-order valence-corrected chi connectivity index (χ1v) is 11.9. The van der Waals surface area contributed by atoms with Gasteiger partial charge >= 0.3 is 11.9 Å². The number of carbonyl (C=O) groups is 5. The van der Waals surface area contributed by atoms with E-state index in [4.69, 9.17) is 10.8 Å². The van der Waals surface area contributed by atoms with Crippen LogP contribution in [-0.2, 0) is 30.4 Å². The molecular weight excluding hydrogens is 468 g/mol. The number of carboxylic acid groups (broad SMARTS) is 2. The molecule has 200 valence electrons. The predicted octanol–water partition coefficient (Wildman–Crippen LogP) is 0.662. The maximum absolute atomic E-state index is 13.1. The fraction of sp³-hybridized carbons (Fsp3) is 0.560. The van der Waals surface area contributed by atoms with Crippen molar-refractivity contribution < 1.29 is 34.2 Å². The molecule has 1 rings (SSSR count). The molecule has 0 radical (unpaired) electrons. The molecule has 7 N–H and O–H groups in total. The summed E-state index contributed by atoms with van der Waals surface area (Å²) in [6, 6.07) is 4.20. The number of benzene rings is 1. The molecule has 4 unspecified atom stereocenters. The second-order valence-electron chi connectivity index (χ2n) is 9.67. The Morgan fingerprint density at radius 3 is 1.61 bits per heavy atom. The number of hydrogen-bond acceptors (Lipinski definition) is 6. The molecule has 0 bridgehead atoms. The average molecular weight is 507 g/mol. The maximum atomic E-state index is 13.1. The monoisotopic (exact) mass is 506 g/mol. The van der Waals surface area contributed by atoms with Crippen molar-refractivity contribution >= 4 is 29.7 Å². The van der Waals surface area contributed by atoms with E-state index in [9.17, 15) is 29.1 Å². The largest absolute Gasteiger partial charge is 0.481 e.